The fraction of sp³-hybridized carbons (Fsp3) is 0.520. The van der Waals surface area contributed by atoms with Crippen molar-refractivity contribution in [3.8, 4) is 17.3 Å². The van der Waals surface area contributed by atoms with Gasteiger partial charge in [-0.05, 0) is 51.7 Å². The molecule has 5 rings (SSSR count). The number of nitrogens with one attached hydrogen (secondary N) is 1. The smallest absolute Gasteiger partial charge is 0.297 e. The molecule has 2 atom stereocenters. The van der Waals surface area contributed by atoms with Crippen LogP contribution >= 0.6 is 0 Å². The van der Waals surface area contributed by atoms with Crippen molar-refractivity contribution in [2.45, 2.75) is 57.9 Å². The second-order valence-corrected chi connectivity index (χ2v) is 9.87. The Hall–Kier alpha value is -3.70. The molecule has 196 valence electrons. The maximum atomic E-state index is 13.4. The molecule has 0 aromatic carbocycles. The van der Waals surface area contributed by atoms with Gasteiger partial charge in [0.25, 0.3) is 6.43 Å². The summed E-state index contributed by atoms with van der Waals surface area (Å²) in [6.45, 7) is 6.66. The highest BCUT2D eigenvalue weighted by molar-refractivity contribution is 5.83. The third-order valence-electron chi connectivity index (χ3n) is 7.30. The summed E-state index contributed by atoms with van der Waals surface area (Å²) < 4.78 is 32.7. The van der Waals surface area contributed by atoms with Crippen molar-refractivity contribution < 1.29 is 18.3 Å². The zero-order valence-electron chi connectivity index (χ0n) is 21.5. The van der Waals surface area contributed by atoms with Crippen LogP contribution in [0.5, 0.6) is 5.88 Å². The van der Waals surface area contributed by atoms with Gasteiger partial charge in [0.05, 0.1) is 30.0 Å². The summed E-state index contributed by atoms with van der Waals surface area (Å²) >= 11 is 0. The van der Waals surface area contributed by atoms with Gasteiger partial charge in [-0.2, -0.15) is 10.1 Å². The van der Waals surface area contributed by atoms with E-state index in [-0.39, 0.29) is 23.1 Å². The van der Waals surface area contributed by atoms with E-state index < -0.39 is 12.3 Å². The molecular weight excluding hydrogens is 482 g/mol. The van der Waals surface area contributed by atoms with Crippen LogP contribution < -0.4 is 10.1 Å². The number of amides is 1. The largest absolute Gasteiger partial charge is 0.481 e. The summed E-state index contributed by atoms with van der Waals surface area (Å²) in [6.07, 6.45) is -0.327. The number of carbonyl (C=O) groups is 1. The number of halogens is 2. The van der Waals surface area contributed by atoms with Crippen molar-refractivity contribution in [2.24, 2.45) is 7.05 Å². The summed E-state index contributed by atoms with van der Waals surface area (Å²) in [5, 5.41) is 7.77. The Balaban J connectivity index is 1.33. The zero-order chi connectivity index (χ0) is 26.5. The average Bonchev–Trinajstić information content (AvgIpc) is 3.46. The highest BCUT2D eigenvalue weighted by Gasteiger charge is 2.43. The number of anilines is 1. The molecule has 1 N–H and O–H groups in total. The number of nitrogens with zero attached hydrogens (tertiary/aromatic N) is 7. The lowest BCUT2D eigenvalue weighted by Gasteiger charge is -2.36. The fourth-order valence-corrected chi connectivity index (χ4v) is 5.22. The molecule has 1 fully saturated rings. The van der Waals surface area contributed by atoms with Crippen LogP contribution in [-0.2, 0) is 18.3 Å². The molecule has 3 aromatic heterocycles. The summed E-state index contributed by atoms with van der Waals surface area (Å²) in [5.41, 5.74) is 2.66. The molecule has 1 spiro atoms. The van der Waals surface area contributed by atoms with Gasteiger partial charge >= 0.3 is 0 Å². The molecule has 0 unspecified atom stereocenters. The molecular formula is C25H30F2N8O2. The Kier molecular flexibility index (Phi) is 6.28. The molecule has 2 aliphatic rings. The number of ether oxygens (including phenoxy) is 1. The number of fused-ring (bicyclic) bond motifs is 1. The van der Waals surface area contributed by atoms with Gasteiger partial charge in [0.1, 0.15) is 11.6 Å². The number of aryl methyl sites for hydroxylation is 4. The minimum atomic E-state index is -2.70. The topological polar surface area (TPSA) is 111 Å². The van der Waals surface area contributed by atoms with E-state index in [2.05, 4.69) is 25.4 Å². The molecule has 12 heteroatoms. The summed E-state index contributed by atoms with van der Waals surface area (Å²) in [4.78, 5) is 32.7. The van der Waals surface area contributed by atoms with Crippen molar-refractivity contribution in [3.05, 3.63) is 40.7 Å². The highest BCUT2D eigenvalue weighted by Crippen LogP contribution is 2.39. The second kappa shape index (κ2) is 9.31. The van der Waals surface area contributed by atoms with Crippen molar-refractivity contribution in [1.29, 1.82) is 0 Å². The van der Waals surface area contributed by atoms with Gasteiger partial charge < -0.3 is 15.0 Å². The van der Waals surface area contributed by atoms with Gasteiger partial charge in [0, 0.05) is 31.8 Å². The Morgan fingerprint density at radius 2 is 1.95 bits per heavy atom. The van der Waals surface area contributed by atoms with Crippen molar-refractivity contribution in [1.82, 2.24) is 34.6 Å². The van der Waals surface area contributed by atoms with Gasteiger partial charge in [-0.25, -0.2) is 28.4 Å². The molecule has 10 nitrogen and oxygen atoms in total. The minimum Gasteiger partial charge on any atom is -0.481 e. The number of alkyl halides is 2. The monoisotopic (exact) mass is 512 g/mol. The first kappa shape index (κ1) is 25.0. The Morgan fingerprint density at radius 1 is 1.16 bits per heavy atom. The summed E-state index contributed by atoms with van der Waals surface area (Å²) in [6, 6.07) is 3.65. The maximum Gasteiger partial charge on any atom is 0.297 e. The Labute approximate surface area is 213 Å². The maximum absolute atomic E-state index is 13.4. The number of likely N-dealkylation sites (tertiary alicyclic amines) is 1. The van der Waals surface area contributed by atoms with E-state index in [1.807, 2.05) is 24.8 Å². The molecule has 3 aromatic rings. The van der Waals surface area contributed by atoms with Gasteiger partial charge in [-0.1, -0.05) is 0 Å². The standard InChI is InChI=1S/C25H30F2N8O2/c1-13(18-11-19(37-5)30-15(3)29-18)24(36)35-9-8-25(12-35)7-6-16-10-17(14(2)28-21(16)32-25)22-31-23(20(26)27)34(4)33-22/h10-11,13,20H,6-9,12H2,1-5H3,(H,28,32)/t13-,25-/m0/s1. The lowest BCUT2D eigenvalue weighted by molar-refractivity contribution is -0.131. The predicted octanol–water partition coefficient (Wildman–Crippen LogP) is 3.36. The first-order chi connectivity index (χ1) is 17.6. The number of hydrogen-bond acceptors (Lipinski definition) is 8. The van der Waals surface area contributed by atoms with E-state index in [4.69, 9.17) is 9.72 Å². The summed E-state index contributed by atoms with van der Waals surface area (Å²) in [5.74, 6) is 1.23. The van der Waals surface area contributed by atoms with Crippen molar-refractivity contribution in [3.63, 3.8) is 0 Å². The fourth-order valence-electron chi connectivity index (χ4n) is 5.22. The molecule has 37 heavy (non-hydrogen) atoms. The van der Waals surface area contributed by atoms with E-state index in [0.717, 1.165) is 35.3 Å². The van der Waals surface area contributed by atoms with Crippen LogP contribution in [-0.4, -0.2) is 66.3 Å². The van der Waals surface area contributed by atoms with Crippen LogP contribution in [0.1, 0.15) is 60.7 Å². The zero-order valence-corrected chi connectivity index (χ0v) is 21.5. The molecule has 0 aliphatic carbocycles. The number of pyridine rings is 1. The van der Waals surface area contributed by atoms with Crippen molar-refractivity contribution in [2.75, 3.05) is 25.5 Å². The average molecular weight is 513 g/mol. The Morgan fingerprint density at radius 3 is 2.65 bits per heavy atom. The molecule has 2 aliphatic heterocycles. The summed E-state index contributed by atoms with van der Waals surface area (Å²) in [7, 11) is 3.00. The number of methoxy groups -OCH3 is 1. The van der Waals surface area contributed by atoms with Crippen molar-refractivity contribution >= 4 is 11.7 Å². The van der Waals surface area contributed by atoms with Crippen LogP contribution in [0.15, 0.2) is 12.1 Å². The molecule has 0 saturated carbocycles. The molecule has 5 heterocycles. The van der Waals surface area contributed by atoms with E-state index >= 15 is 0 Å². The quantitative estimate of drug-likeness (QED) is 0.554. The lowest BCUT2D eigenvalue weighted by Crippen LogP contribution is -2.46. The number of aromatic nitrogens is 6. The number of hydrogen-bond donors (Lipinski definition) is 1. The predicted molar refractivity (Wildman–Crippen MR) is 132 cm³/mol. The van der Waals surface area contributed by atoms with Crippen LogP contribution in [0.2, 0.25) is 0 Å². The number of carbonyl (C=O) groups excluding carboxylic acids is 1. The first-order valence-corrected chi connectivity index (χ1v) is 12.3. The van der Waals surface area contributed by atoms with E-state index in [0.29, 0.717) is 41.7 Å². The van der Waals surface area contributed by atoms with Gasteiger partial charge in [-0.15, -0.1) is 0 Å². The van der Waals surface area contributed by atoms with Crippen LogP contribution in [0.3, 0.4) is 0 Å². The SMILES string of the molecule is COc1cc([C@H](C)C(=O)N2CC[C@@]3(CCc4cc(-c5nc(C(F)F)n(C)n5)c(C)nc4N3)C2)nc(C)n1. The van der Waals surface area contributed by atoms with E-state index in [1.54, 1.807) is 20.1 Å². The normalized spacial score (nSPS) is 19.7. The van der Waals surface area contributed by atoms with E-state index in [1.165, 1.54) is 7.05 Å². The van der Waals surface area contributed by atoms with Gasteiger partial charge in [0.2, 0.25) is 11.8 Å². The molecule has 1 saturated heterocycles. The van der Waals surface area contributed by atoms with Gasteiger partial charge in [0.15, 0.2) is 11.6 Å². The van der Waals surface area contributed by atoms with Gasteiger partial charge in [-0.3, -0.25) is 4.79 Å². The molecule has 0 radical (unpaired) electrons. The minimum absolute atomic E-state index is 0.0140. The Bertz CT molecular complexity index is 1360. The molecule has 0 bridgehead atoms. The lowest BCUT2D eigenvalue weighted by atomic mass is 9.86. The third kappa shape index (κ3) is 4.60. The number of rotatable bonds is 5. The van der Waals surface area contributed by atoms with Crippen LogP contribution in [0, 0.1) is 13.8 Å². The van der Waals surface area contributed by atoms with E-state index in [9.17, 15) is 13.6 Å². The van der Waals surface area contributed by atoms with Crippen LogP contribution in [0.25, 0.3) is 11.4 Å². The molecule has 1 amide bonds. The second-order valence-electron chi connectivity index (χ2n) is 9.87. The van der Waals surface area contributed by atoms with Crippen LogP contribution in [0.4, 0.5) is 14.6 Å². The first-order valence-electron chi connectivity index (χ1n) is 12.3. The highest BCUT2D eigenvalue weighted by atomic mass is 19.3. The third-order valence-corrected chi connectivity index (χ3v) is 7.30.